The Morgan fingerprint density at radius 1 is 1.43 bits per heavy atom. The predicted molar refractivity (Wildman–Crippen MR) is 59.0 cm³/mol. The average Bonchev–Trinajstić information content (AvgIpc) is 2.47. The molecule has 0 fully saturated rings. The summed E-state index contributed by atoms with van der Waals surface area (Å²) >= 11 is 0. The van der Waals surface area contributed by atoms with Gasteiger partial charge in [-0.2, -0.15) is 5.10 Å². The number of aromatic nitrogens is 2. The van der Waals surface area contributed by atoms with Crippen LogP contribution >= 0.6 is 0 Å². The van der Waals surface area contributed by atoms with Gasteiger partial charge in [0.05, 0.1) is 6.20 Å². The minimum atomic E-state index is 0.579. The van der Waals surface area contributed by atoms with Gasteiger partial charge in [-0.3, -0.25) is 4.68 Å². The molecule has 1 aromatic heterocycles. The van der Waals surface area contributed by atoms with Crippen LogP contribution in [0.3, 0.4) is 0 Å². The molecular formula is C11H21N3. The lowest BCUT2D eigenvalue weighted by molar-refractivity contribution is 0.441. The summed E-state index contributed by atoms with van der Waals surface area (Å²) in [5, 5.41) is 7.62. The molecule has 0 unspecified atom stereocenters. The van der Waals surface area contributed by atoms with Gasteiger partial charge in [0.15, 0.2) is 0 Å². The van der Waals surface area contributed by atoms with Crippen molar-refractivity contribution in [1.29, 1.82) is 0 Å². The topological polar surface area (TPSA) is 29.9 Å². The van der Waals surface area contributed by atoms with Crippen LogP contribution in [-0.4, -0.2) is 15.8 Å². The molecule has 1 heterocycles. The lowest BCUT2D eigenvalue weighted by atomic mass is 10.1. The fraction of sp³-hybridized carbons (Fsp3) is 0.727. The third-order valence-corrected chi connectivity index (χ3v) is 2.24. The number of nitrogens with zero attached hydrogens (tertiary/aromatic N) is 2. The molecule has 14 heavy (non-hydrogen) atoms. The lowest BCUT2D eigenvalue weighted by Gasteiger charge is -2.14. The van der Waals surface area contributed by atoms with Crippen LogP contribution in [0, 0.1) is 5.92 Å². The second-order valence-corrected chi connectivity index (χ2v) is 4.43. The van der Waals surface area contributed by atoms with Gasteiger partial charge < -0.3 is 5.32 Å². The molecule has 1 atom stereocenters. The van der Waals surface area contributed by atoms with Gasteiger partial charge in [0.25, 0.3) is 0 Å². The summed E-state index contributed by atoms with van der Waals surface area (Å²) in [5.41, 5.74) is 1.25. The Morgan fingerprint density at radius 2 is 2.14 bits per heavy atom. The zero-order valence-corrected chi connectivity index (χ0v) is 9.62. The quantitative estimate of drug-likeness (QED) is 0.778. The Morgan fingerprint density at radius 3 is 2.64 bits per heavy atom. The van der Waals surface area contributed by atoms with E-state index in [1.807, 2.05) is 17.9 Å². The van der Waals surface area contributed by atoms with E-state index in [1.54, 1.807) is 0 Å². The highest BCUT2D eigenvalue weighted by molar-refractivity contribution is 5.02. The molecule has 1 N–H and O–H groups in total. The van der Waals surface area contributed by atoms with E-state index in [0.717, 1.165) is 12.5 Å². The second kappa shape index (κ2) is 5.15. The Hall–Kier alpha value is -0.830. The van der Waals surface area contributed by atoms with E-state index >= 15 is 0 Å². The SMILES string of the molecule is CC(C)C[C@H](C)NCc1cnn(C)c1. The van der Waals surface area contributed by atoms with Gasteiger partial charge in [-0.25, -0.2) is 0 Å². The Bertz CT molecular complexity index is 265. The highest BCUT2D eigenvalue weighted by atomic mass is 15.2. The smallest absolute Gasteiger partial charge is 0.0534 e. The molecule has 0 aliphatic rings. The molecule has 3 nitrogen and oxygen atoms in total. The zero-order valence-electron chi connectivity index (χ0n) is 9.62. The first-order chi connectivity index (χ1) is 6.58. The van der Waals surface area contributed by atoms with Crippen molar-refractivity contribution in [1.82, 2.24) is 15.1 Å². The molecule has 80 valence electrons. The van der Waals surface area contributed by atoms with Crippen LogP contribution in [0.15, 0.2) is 12.4 Å². The third-order valence-electron chi connectivity index (χ3n) is 2.24. The number of nitrogens with one attached hydrogen (secondary N) is 1. The molecule has 1 rings (SSSR count). The van der Waals surface area contributed by atoms with E-state index < -0.39 is 0 Å². The van der Waals surface area contributed by atoms with Gasteiger partial charge in [-0.05, 0) is 19.3 Å². The van der Waals surface area contributed by atoms with Crippen LogP contribution in [-0.2, 0) is 13.6 Å². The second-order valence-electron chi connectivity index (χ2n) is 4.43. The van der Waals surface area contributed by atoms with Crippen molar-refractivity contribution in [3.05, 3.63) is 18.0 Å². The monoisotopic (exact) mass is 195 g/mol. The summed E-state index contributed by atoms with van der Waals surface area (Å²) in [7, 11) is 1.95. The molecule has 0 aliphatic heterocycles. The minimum absolute atomic E-state index is 0.579. The standard InChI is InChI=1S/C11H21N3/c1-9(2)5-10(3)12-6-11-7-13-14(4)8-11/h7-10,12H,5-6H2,1-4H3/t10-/m0/s1. The highest BCUT2D eigenvalue weighted by Gasteiger charge is 2.04. The summed E-state index contributed by atoms with van der Waals surface area (Å²) in [4.78, 5) is 0. The van der Waals surface area contributed by atoms with Crippen LogP contribution in [0.1, 0.15) is 32.8 Å². The first kappa shape index (κ1) is 11.2. The number of rotatable bonds is 5. The van der Waals surface area contributed by atoms with E-state index in [-0.39, 0.29) is 0 Å². The van der Waals surface area contributed by atoms with Gasteiger partial charge in [-0.15, -0.1) is 0 Å². The van der Waals surface area contributed by atoms with Gasteiger partial charge in [-0.1, -0.05) is 13.8 Å². The van der Waals surface area contributed by atoms with Crippen LogP contribution in [0.2, 0.25) is 0 Å². The first-order valence-electron chi connectivity index (χ1n) is 5.29. The summed E-state index contributed by atoms with van der Waals surface area (Å²) < 4.78 is 1.84. The van der Waals surface area contributed by atoms with Gasteiger partial charge >= 0.3 is 0 Å². The van der Waals surface area contributed by atoms with Crippen LogP contribution < -0.4 is 5.32 Å². The number of hydrogen-bond acceptors (Lipinski definition) is 2. The summed E-state index contributed by atoms with van der Waals surface area (Å²) in [5.74, 6) is 0.756. The number of hydrogen-bond donors (Lipinski definition) is 1. The highest BCUT2D eigenvalue weighted by Crippen LogP contribution is 2.05. The normalized spacial score (nSPS) is 13.5. The maximum Gasteiger partial charge on any atom is 0.0534 e. The fourth-order valence-electron chi connectivity index (χ4n) is 1.65. The fourth-order valence-corrected chi connectivity index (χ4v) is 1.65. The van der Waals surface area contributed by atoms with Gasteiger partial charge in [0, 0.05) is 31.4 Å². The summed E-state index contributed by atoms with van der Waals surface area (Å²) in [6, 6.07) is 0.579. The van der Waals surface area contributed by atoms with Gasteiger partial charge in [0.2, 0.25) is 0 Å². The van der Waals surface area contributed by atoms with Crippen LogP contribution in [0.5, 0.6) is 0 Å². The number of aryl methyl sites for hydroxylation is 1. The Kier molecular flexibility index (Phi) is 4.14. The summed E-state index contributed by atoms with van der Waals surface area (Å²) in [6.07, 6.45) is 5.18. The Balaban J connectivity index is 2.26. The third kappa shape index (κ3) is 3.92. The van der Waals surface area contributed by atoms with Crippen molar-refractivity contribution < 1.29 is 0 Å². The maximum absolute atomic E-state index is 4.13. The van der Waals surface area contributed by atoms with E-state index in [1.165, 1.54) is 12.0 Å². The summed E-state index contributed by atoms with van der Waals surface area (Å²) in [6.45, 7) is 7.66. The first-order valence-corrected chi connectivity index (χ1v) is 5.29. The molecule has 3 heteroatoms. The molecule has 0 saturated carbocycles. The van der Waals surface area contributed by atoms with E-state index in [4.69, 9.17) is 0 Å². The predicted octanol–water partition coefficient (Wildman–Crippen LogP) is 1.94. The van der Waals surface area contributed by atoms with Crippen molar-refractivity contribution >= 4 is 0 Å². The minimum Gasteiger partial charge on any atom is -0.310 e. The molecule has 0 spiro atoms. The van der Waals surface area contributed by atoms with Crippen molar-refractivity contribution in [3.8, 4) is 0 Å². The Labute approximate surface area is 86.5 Å². The van der Waals surface area contributed by atoms with Crippen LogP contribution in [0.4, 0.5) is 0 Å². The van der Waals surface area contributed by atoms with Crippen molar-refractivity contribution in [2.45, 2.75) is 39.8 Å². The van der Waals surface area contributed by atoms with Crippen LogP contribution in [0.25, 0.3) is 0 Å². The molecule has 0 aromatic carbocycles. The van der Waals surface area contributed by atoms with Gasteiger partial charge in [0.1, 0.15) is 0 Å². The molecule has 0 amide bonds. The van der Waals surface area contributed by atoms with E-state index in [9.17, 15) is 0 Å². The van der Waals surface area contributed by atoms with Crippen molar-refractivity contribution in [2.75, 3.05) is 0 Å². The molecule has 0 radical (unpaired) electrons. The van der Waals surface area contributed by atoms with E-state index in [2.05, 4.69) is 37.4 Å². The molecule has 0 aliphatic carbocycles. The molecule has 1 aromatic rings. The zero-order chi connectivity index (χ0) is 10.6. The average molecular weight is 195 g/mol. The molecule has 0 bridgehead atoms. The lowest BCUT2D eigenvalue weighted by Crippen LogP contribution is -2.26. The maximum atomic E-state index is 4.13. The van der Waals surface area contributed by atoms with E-state index in [0.29, 0.717) is 6.04 Å². The molecular weight excluding hydrogens is 174 g/mol. The van der Waals surface area contributed by atoms with Crippen molar-refractivity contribution in [2.24, 2.45) is 13.0 Å². The van der Waals surface area contributed by atoms with Crippen molar-refractivity contribution in [3.63, 3.8) is 0 Å². The largest absolute Gasteiger partial charge is 0.310 e. The molecule has 0 saturated heterocycles.